The Morgan fingerprint density at radius 2 is 2.13 bits per heavy atom. The number of fused-ring (bicyclic) bond motifs is 1. The van der Waals surface area contributed by atoms with Crippen LogP contribution in [-0.4, -0.2) is 11.3 Å². The van der Waals surface area contributed by atoms with Crippen molar-refractivity contribution in [1.82, 2.24) is 4.98 Å². The Morgan fingerprint density at radius 3 is 2.93 bits per heavy atom. The summed E-state index contributed by atoms with van der Waals surface area (Å²) >= 11 is 0. The van der Waals surface area contributed by atoms with E-state index in [0.717, 1.165) is 29.2 Å². The first-order valence-corrected chi connectivity index (χ1v) is 5.09. The molecule has 76 valence electrons. The number of aromatic nitrogens is 1. The monoisotopic (exact) mass is 199 g/mol. The Balaban J connectivity index is 2.46. The van der Waals surface area contributed by atoms with Gasteiger partial charge >= 0.3 is 0 Å². The van der Waals surface area contributed by atoms with Gasteiger partial charge in [0.15, 0.2) is 0 Å². The molecule has 2 aromatic rings. The van der Waals surface area contributed by atoms with Crippen LogP contribution in [0, 0.1) is 5.92 Å². The number of hydrogen-bond acceptors (Lipinski definition) is 2. The van der Waals surface area contributed by atoms with E-state index in [4.69, 9.17) is 0 Å². The third-order valence-electron chi connectivity index (χ3n) is 2.49. The van der Waals surface area contributed by atoms with Crippen LogP contribution in [0.15, 0.2) is 36.5 Å². The lowest BCUT2D eigenvalue weighted by Crippen LogP contribution is -2.01. The Kier molecular flexibility index (Phi) is 2.77. The molecule has 0 fully saturated rings. The standard InChI is InChI=1S/C13H13NO/c1-10(9-15)8-12-5-2-4-11-6-3-7-14-13(11)12/h2-7,9-10H,8H2,1H3. The van der Waals surface area contributed by atoms with Gasteiger partial charge in [0.1, 0.15) is 6.29 Å². The minimum Gasteiger partial charge on any atom is -0.303 e. The highest BCUT2D eigenvalue weighted by Crippen LogP contribution is 2.18. The van der Waals surface area contributed by atoms with Gasteiger partial charge < -0.3 is 4.79 Å². The van der Waals surface area contributed by atoms with E-state index in [2.05, 4.69) is 4.98 Å². The molecule has 1 heterocycles. The Bertz CT molecular complexity index is 473. The quantitative estimate of drug-likeness (QED) is 0.711. The van der Waals surface area contributed by atoms with E-state index in [1.54, 1.807) is 6.20 Å². The van der Waals surface area contributed by atoms with Crippen molar-refractivity contribution < 1.29 is 4.79 Å². The van der Waals surface area contributed by atoms with Crippen LogP contribution in [0.5, 0.6) is 0 Å². The average molecular weight is 199 g/mol. The van der Waals surface area contributed by atoms with E-state index in [-0.39, 0.29) is 5.92 Å². The zero-order valence-corrected chi connectivity index (χ0v) is 8.68. The molecule has 0 saturated heterocycles. The number of para-hydroxylation sites is 1. The second kappa shape index (κ2) is 4.22. The number of pyridine rings is 1. The van der Waals surface area contributed by atoms with Crippen LogP contribution in [0.1, 0.15) is 12.5 Å². The summed E-state index contributed by atoms with van der Waals surface area (Å²) in [5.74, 6) is 0.0533. The van der Waals surface area contributed by atoms with Crippen LogP contribution in [0.25, 0.3) is 10.9 Å². The van der Waals surface area contributed by atoms with Crippen LogP contribution < -0.4 is 0 Å². The molecule has 1 atom stereocenters. The number of carbonyl (C=O) groups is 1. The van der Waals surface area contributed by atoms with E-state index >= 15 is 0 Å². The summed E-state index contributed by atoms with van der Waals surface area (Å²) in [6, 6.07) is 10.1. The molecular weight excluding hydrogens is 186 g/mol. The Hall–Kier alpha value is -1.70. The predicted octanol–water partition coefficient (Wildman–Crippen LogP) is 2.61. The van der Waals surface area contributed by atoms with Crippen molar-refractivity contribution in [2.45, 2.75) is 13.3 Å². The van der Waals surface area contributed by atoms with E-state index in [1.165, 1.54) is 0 Å². The maximum absolute atomic E-state index is 10.6. The molecule has 0 aliphatic rings. The highest BCUT2D eigenvalue weighted by Gasteiger charge is 2.05. The number of carbonyl (C=O) groups excluding carboxylic acids is 1. The summed E-state index contributed by atoms with van der Waals surface area (Å²) < 4.78 is 0. The van der Waals surface area contributed by atoms with Crippen molar-refractivity contribution in [3.05, 3.63) is 42.1 Å². The van der Waals surface area contributed by atoms with Crippen molar-refractivity contribution in [2.24, 2.45) is 5.92 Å². The SMILES string of the molecule is CC(C=O)Cc1cccc2cccnc12. The fraction of sp³-hybridized carbons (Fsp3) is 0.231. The summed E-state index contributed by atoms with van der Waals surface area (Å²) in [4.78, 5) is 15.0. The van der Waals surface area contributed by atoms with Crippen molar-refractivity contribution in [2.75, 3.05) is 0 Å². The third-order valence-corrected chi connectivity index (χ3v) is 2.49. The third kappa shape index (κ3) is 2.04. The maximum atomic E-state index is 10.6. The molecule has 0 saturated carbocycles. The second-order valence-electron chi connectivity index (χ2n) is 3.81. The van der Waals surface area contributed by atoms with Crippen molar-refractivity contribution in [3.8, 4) is 0 Å². The predicted molar refractivity (Wildman–Crippen MR) is 60.7 cm³/mol. The minimum absolute atomic E-state index is 0.0533. The highest BCUT2D eigenvalue weighted by atomic mass is 16.1. The molecule has 0 spiro atoms. The summed E-state index contributed by atoms with van der Waals surface area (Å²) in [6.45, 7) is 1.93. The van der Waals surface area contributed by atoms with Gasteiger partial charge in [-0.1, -0.05) is 31.2 Å². The van der Waals surface area contributed by atoms with Gasteiger partial charge in [0, 0.05) is 17.5 Å². The fourth-order valence-electron chi connectivity index (χ4n) is 1.73. The molecule has 2 rings (SSSR count). The van der Waals surface area contributed by atoms with Crippen molar-refractivity contribution in [3.63, 3.8) is 0 Å². The minimum atomic E-state index is 0.0533. The highest BCUT2D eigenvalue weighted by molar-refractivity contribution is 5.81. The van der Waals surface area contributed by atoms with Gasteiger partial charge in [-0.2, -0.15) is 0 Å². The zero-order valence-electron chi connectivity index (χ0n) is 8.68. The molecule has 0 bridgehead atoms. The Labute approximate surface area is 89.0 Å². The molecule has 0 radical (unpaired) electrons. The Morgan fingerprint density at radius 1 is 1.33 bits per heavy atom. The number of hydrogen-bond donors (Lipinski definition) is 0. The zero-order chi connectivity index (χ0) is 10.7. The van der Waals surface area contributed by atoms with Crippen LogP contribution in [0.4, 0.5) is 0 Å². The smallest absolute Gasteiger partial charge is 0.123 e. The number of rotatable bonds is 3. The van der Waals surface area contributed by atoms with Crippen molar-refractivity contribution >= 4 is 17.2 Å². The largest absolute Gasteiger partial charge is 0.303 e. The normalized spacial score (nSPS) is 12.6. The lowest BCUT2D eigenvalue weighted by molar-refractivity contribution is -0.110. The molecular formula is C13H13NO. The van der Waals surface area contributed by atoms with E-state index in [9.17, 15) is 4.79 Å². The second-order valence-corrected chi connectivity index (χ2v) is 3.81. The van der Waals surface area contributed by atoms with Crippen LogP contribution in [0.3, 0.4) is 0 Å². The van der Waals surface area contributed by atoms with Gasteiger partial charge in [-0.05, 0) is 18.1 Å². The van der Waals surface area contributed by atoms with Gasteiger partial charge in [-0.15, -0.1) is 0 Å². The summed E-state index contributed by atoms with van der Waals surface area (Å²) in [5.41, 5.74) is 2.15. The molecule has 1 aromatic heterocycles. The number of benzene rings is 1. The lowest BCUT2D eigenvalue weighted by atomic mass is 10.00. The van der Waals surface area contributed by atoms with E-state index in [1.807, 2.05) is 37.3 Å². The topological polar surface area (TPSA) is 30.0 Å². The fourth-order valence-corrected chi connectivity index (χ4v) is 1.73. The van der Waals surface area contributed by atoms with E-state index in [0.29, 0.717) is 0 Å². The molecule has 2 heteroatoms. The molecule has 1 aromatic carbocycles. The van der Waals surface area contributed by atoms with Crippen LogP contribution in [-0.2, 0) is 11.2 Å². The molecule has 15 heavy (non-hydrogen) atoms. The first-order chi connectivity index (χ1) is 7.31. The van der Waals surface area contributed by atoms with Crippen molar-refractivity contribution in [1.29, 1.82) is 0 Å². The molecule has 1 unspecified atom stereocenters. The molecule has 0 aliphatic heterocycles. The molecule has 2 nitrogen and oxygen atoms in total. The van der Waals surface area contributed by atoms with Crippen LogP contribution in [0.2, 0.25) is 0 Å². The summed E-state index contributed by atoms with van der Waals surface area (Å²) in [5, 5.41) is 1.13. The summed E-state index contributed by atoms with van der Waals surface area (Å²) in [7, 11) is 0. The molecule has 0 N–H and O–H groups in total. The van der Waals surface area contributed by atoms with Gasteiger partial charge in [-0.25, -0.2) is 0 Å². The number of aldehydes is 1. The molecule has 0 amide bonds. The first kappa shape index (κ1) is 9.84. The average Bonchev–Trinajstić information content (AvgIpc) is 2.29. The van der Waals surface area contributed by atoms with E-state index < -0.39 is 0 Å². The first-order valence-electron chi connectivity index (χ1n) is 5.09. The maximum Gasteiger partial charge on any atom is 0.123 e. The van der Waals surface area contributed by atoms with Gasteiger partial charge in [0.25, 0.3) is 0 Å². The van der Waals surface area contributed by atoms with Gasteiger partial charge in [-0.3, -0.25) is 4.98 Å². The number of nitrogens with zero attached hydrogens (tertiary/aromatic N) is 1. The summed E-state index contributed by atoms with van der Waals surface area (Å²) in [6.07, 6.45) is 3.54. The van der Waals surface area contributed by atoms with Crippen LogP contribution >= 0.6 is 0 Å². The lowest BCUT2D eigenvalue weighted by Gasteiger charge is -2.06. The van der Waals surface area contributed by atoms with Gasteiger partial charge in [0.05, 0.1) is 5.52 Å². The van der Waals surface area contributed by atoms with Gasteiger partial charge in [0.2, 0.25) is 0 Å². The molecule has 0 aliphatic carbocycles.